The zero-order valence-corrected chi connectivity index (χ0v) is 9.87. The second kappa shape index (κ2) is 7.97. The molecule has 1 aromatic heterocycles. The summed E-state index contributed by atoms with van der Waals surface area (Å²) < 4.78 is 14.1. The Morgan fingerprint density at radius 2 is 2.11 bits per heavy atom. The first-order valence-corrected chi connectivity index (χ1v) is 5.12. The maximum absolute atomic E-state index is 11.1. The number of carbonyl (C=O) groups is 2. The van der Waals surface area contributed by atoms with Gasteiger partial charge in [-0.25, -0.2) is 9.59 Å². The van der Waals surface area contributed by atoms with Gasteiger partial charge in [-0.05, 0) is 11.6 Å². The number of pyridine rings is 1. The largest absolute Gasteiger partial charge is 0.466 e. The van der Waals surface area contributed by atoms with E-state index in [9.17, 15) is 9.59 Å². The van der Waals surface area contributed by atoms with E-state index in [0.717, 1.165) is 17.7 Å². The summed E-state index contributed by atoms with van der Waals surface area (Å²) in [5.41, 5.74) is 0.874. The van der Waals surface area contributed by atoms with Crippen LogP contribution in [-0.4, -0.2) is 30.8 Å². The summed E-state index contributed by atoms with van der Waals surface area (Å²) in [6.45, 7) is 0.0983. The van der Waals surface area contributed by atoms with Crippen molar-refractivity contribution in [1.82, 2.24) is 4.98 Å². The third kappa shape index (κ3) is 5.76. The van der Waals surface area contributed by atoms with Crippen LogP contribution in [0.3, 0.4) is 0 Å². The van der Waals surface area contributed by atoms with E-state index in [1.165, 1.54) is 7.11 Å². The predicted molar refractivity (Wildman–Crippen MR) is 61.1 cm³/mol. The molecule has 1 rings (SSSR count). The van der Waals surface area contributed by atoms with Crippen molar-refractivity contribution in [2.24, 2.45) is 0 Å². The van der Waals surface area contributed by atoms with E-state index in [1.54, 1.807) is 18.5 Å². The summed E-state index contributed by atoms with van der Waals surface area (Å²) in [7, 11) is 1.22. The molecule has 0 spiro atoms. The van der Waals surface area contributed by atoms with Crippen LogP contribution < -0.4 is 0 Å². The zero-order valence-electron chi connectivity index (χ0n) is 9.87. The minimum atomic E-state index is -0.674. The lowest BCUT2D eigenvalue weighted by atomic mass is 10.3. The predicted octanol–water partition coefficient (Wildman–Crippen LogP) is 0.828. The Bertz CT molecular complexity index is 416. The Balaban J connectivity index is 2.16. The second-order valence-corrected chi connectivity index (χ2v) is 3.15. The molecule has 6 heteroatoms. The standard InChI is InChI=1S/C12H13NO5/c1-16-11(14)4-5-12(15)18-9-17-8-10-3-2-6-13-7-10/h2-7H,8-9H2,1H3/b5-4+. The molecule has 0 aliphatic rings. The molecule has 0 unspecified atom stereocenters. The summed E-state index contributed by atoms with van der Waals surface area (Å²) in [5.74, 6) is -1.30. The molecule has 1 heterocycles. The molecule has 96 valence electrons. The van der Waals surface area contributed by atoms with Gasteiger partial charge < -0.3 is 14.2 Å². The normalized spacial score (nSPS) is 10.3. The number of esters is 2. The highest BCUT2D eigenvalue weighted by Gasteiger charge is 1.99. The monoisotopic (exact) mass is 251 g/mol. The van der Waals surface area contributed by atoms with Crippen molar-refractivity contribution in [2.75, 3.05) is 13.9 Å². The molecular weight excluding hydrogens is 238 g/mol. The second-order valence-electron chi connectivity index (χ2n) is 3.15. The van der Waals surface area contributed by atoms with Crippen molar-refractivity contribution >= 4 is 11.9 Å². The fourth-order valence-corrected chi connectivity index (χ4v) is 0.995. The van der Waals surface area contributed by atoms with Crippen molar-refractivity contribution < 1.29 is 23.8 Å². The number of methoxy groups -OCH3 is 1. The Morgan fingerprint density at radius 3 is 2.78 bits per heavy atom. The van der Waals surface area contributed by atoms with Crippen LogP contribution in [0.25, 0.3) is 0 Å². The molecule has 0 bridgehead atoms. The highest BCUT2D eigenvalue weighted by Crippen LogP contribution is 1.98. The van der Waals surface area contributed by atoms with E-state index >= 15 is 0 Å². The van der Waals surface area contributed by atoms with E-state index in [1.807, 2.05) is 6.07 Å². The lowest BCUT2D eigenvalue weighted by Crippen LogP contribution is -2.07. The Morgan fingerprint density at radius 1 is 1.33 bits per heavy atom. The minimum Gasteiger partial charge on any atom is -0.466 e. The van der Waals surface area contributed by atoms with Gasteiger partial charge in [0.2, 0.25) is 0 Å². The van der Waals surface area contributed by atoms with Gasteiger partial charge in [0.05, 0.1) is 13.7 Å². The summed E-state index contributed by atoms with van der Waals surface area (Å²) in [4.78, 5) is 25.6. The zero-order chi connectivity index (χ0) is 13.2. The van der Waals surface area contributed by atoms with Crippen LogP contribution in [0, 0.1) is 0 Å². The Hall–Kier alpha value is -2.21. The average Bonchev–Trinajstić information content (AvgIpc) is 2.42. The van der Waals surface area contributed by atoms with E-state index in [2.05, 4.69) is 14.5 Å². The van der Waals surface area contributed by atoms with Crippen molar-refractivity contribution in [3.63, 3.8) is 0 Å². The van der Waals surface area contributed by atoms with Crippen molar-refractivity contribution in [3.8, 4) is 0 Å². The van der Waals surface area contributed by atoms with Crippen LogP contribution in [0.5, 0.6) is 0 Å². The SMILES string of the molecule is COC(=O)/C=C/C(=O)OCOCc1cccnc1. The number of carbonyl (C=O) groups excluding carboxylic acids is 2. The maximum atomic E-state index is 11.1. The maximum Gasteiger partial charge on any atom is 0.333 e. The number of nitrogens with zero attached hydrogens (tertiary/aromatic N) is 1. The third-order valence-electron chi connectivity index (χ3n) is 1.83. The molecule has 0 N–H and O–H groups in total. The molecule has 18 heavy (non-hydrogen) atoms. The summed E-state index contributed by atoms with van der Waals surface area (Å²) in [6.07, 6.45) is 5.25. The van der Waals surface area contributed by atoms with Crippen LogP contribution in [0.15, 0.2) is 36.7 Å². The molecule has 0 saturated carbocycles. The minimum absolute atomic E-state index is 0.195. The summed E-state index contributed by atoms with van der Waals surface area (Å²) >= 11 is 0. The van der Waals surface area contributed by atoms with Gasteiger partial charge in [0.25, 0.3) is 0 Å². The molecule has 0 aliphatic heterocycles. The highest BCUT2D eigenvalue weighted by atomic mass is 16.7. The summed E-state index contributed by atoms with van der Waals surface area (Å²) in [6, 6.07) is 3.62. The number of aromatic nitrogens is 1. The topological polar surface area (TPSA) is 74.7 Å². The molecule has 0 aromatic carbocycles. The lowest BCUT2D eigenvalue weighted by Gasteiger charge is -2.03. The molecule has 0 amide bonds. The fraction of sp³-hybridized carbons (Fsp3) is 0.250. The van der Waals surface area contributed by atoms with E-state index < -0.39 is 11.9 Å². The quantitative estimate of drug-likeness (QED) is 0.322. The van der Waals surface area contributed by atoms with Crippen LogP contribution >= 0.6 is 0 Å². The van der Waals surface area contributed by atoms with E-state index in [4.69, 9.17) is 4.74 Å². The van der Waals surface area contributed by atoms with Gasteiger partial charge in [0.1, 0.15) is 0 Å². The molecular formula is C12H13NO5. The Labute approximate surface area is 104 Å². The van der Waals surface area contributed by atoms with Crippen molar-refractivity contribution in [3.05, 3.63) is 42.2 Å². The fourth-order valence-electron chi connectivity index (χ4n) is 0.995. The average molecular weight is 251 g/mol. The van der Waals surface area contributed by atoms with Gasteiger partial charge in [0.15, 0.2) is 6.79 Å². The van der Waals surface area contributed by atoms with Crippen LogP contribution in [0.4, 0.5) is 0 Å². The molecule has 0 fully saturated rings. The van der Waals surface area contributed by atoms with E-state index in [0.29, 0.717) is 6.61 Å². The third-order valence-corrected chi connectivity index (χ3v) is 1.83. The summed E-state index contributed by atoms with van der Waals surface area (Å²) in [5, 5.41) is 0. The van der Waals surface area contributed by atoms with Crippen molar-refractivity contribution in [1.29, 1.82) is 0 Å². The lowest BCUT2D eigenvalue weighted by molar-refractivity contribution is -0.151. The van der Waals surface area contributed by atoms with Gasteiger partial charge in [0, 0.05) is 24.5 Å². The molecule has 1 aromatic rings. The van der Waals surface area contributed by atoms with Crippen LogP contribution in [0.2, 0.25) is 0 Å². The molecule has 0 atom stereocenters. The first-order chi connectivity index (χ1) is 8.72. The van der Waals surface area contributed by atoms with Gasteiger partial charge in [-0.15, -0.1) is 0 Å². The van der Waals surface area contributed by atoms with Crippen LogP contribution in [-0.2, 0) is 30.4 Å². The number of hydrogen-bond acceptors (Lipinski definition) is 6. The number of ether oxygens (including phenoxy) is 3. The number of hydrogen-bond donors (Lipinski definition) is 0. The molecule has 0 aliphatic carbocycles. The molecule has 0 radical (unpaired) electrons. The molecule has 0 saturated heterocycles. The van der Waals surface area contributed by atoms with E-state index in [-0.39, 0.29) is 6.79 Å². The van der Waals surface area contributed by atoms with Gasteiger partial charge in [-0.2, -0.15) is 0 Å². The van der Waals surface area contributed by atoms with Crippen LogP contribution in [0.1, 0.15) is 5.56 Å². The first-order valence-electron chi connectivity index (χ1n) is 5.12. The number of rotatable bonds is 6. The highest BCUT2D eigenvalue weighted by molar-refractivity contribution is 5.91. The van der Waals surface area contributed by atoms with Crippen molar-refractivity contribution in [2.45, 2.75) is 6.61 Å². The van der Waals surface area contributed by atoms with Gasteiger partial charge in [-0.3, -0.25) is 4.98 Å². The van der Waals surface area contributed by atoms with Gasteiger partial charge >= 0.3 is 11.9 Å². The first kappa shape index (κ1) is 13.9. The van der Waals surface area contributed by atoms with Gasteiger partial charge in [-0.1, -0.05) is 6.07 Å². The Kier molecular flexibility index (Phi) is 6.13. The molecule has 6 nitrogen and oxygen atoms in total. The smallest absolute Gasteiger partial charge is 0.333 e.